The Morgan fingerprint density at radius 3 is 2.64 bits per heavy atom. The maximum atomic E-state index is 12.6. The van der Waals surface area contributed by atoms with Gasteiger partial charge in [-0.3, -0.25) is 9.59 Å². The van der Waals surface area contributed by atoms with Gasteiger partial charge in [-0.25, -0.2) is 0 Å². The van der Waals surface area contributed by atoms with E-state index in [-0.39, 0.29) is 24.2 Å². The number of amides is 2. The van der Waals surface area contributed by atoms with Crippen LogP contribution < -0.4 is 10.2 Å². The summed E-state index contributed by atoms with van der Waals surface area (Å²) in [6, 6.07) is 13.3. The number of aryl methyl sites for hydroxylation is 1. The summed E-state index contributed by atoms with van der Waals surface area (Å²) in [4.78, 5) is 26.6. The van der Waals surface area contributed by atoms with Gasteiger partial charge in [-0.15, -0.1) is 0 Å². The second-order valence-corrected chi connectivity index (χ2v) is 6.73. The van der Waals surface area contributed by atoms with E-state index in [9.17, 15) is 9.59 Å². The topological polar surface area (TPSA) is 49.4 Å². The van der Waals surface area contributed by atoms with Gasteiger partial charge in [0.05, 0.1) is 5.92 Å². The van der Waals surface area contributed by atoms with Crippen LogP contribution in [0.25, 0.3) is 0 Å². The van der Waals surface area contributed by atoms with Crippen molar-refractivity contribution in [2.45, 2.75) is 26.7 Å². The van der Waals surface area contributed by atoms with Crippen LogP contribution in [0.2, 0.25) is 5.02 Å². The van der Waals surface area contributed by atoms with Gasteiger partial charge in [-0.1, -0.05) is 36.7 Å². The molecule has 1 saturated heterocycles. The molecular formula is C20H21ClN2O2. The molecular weight excluding hydrogens is 336 g/mol. The first kappa shape index (κ1) is 17.5. The largest absolute Gasteiger partial charge is 0.325 e. The Morgan fingerprint density at radius 2 is 1.96 bits per heavy atom. The lowest BCUT2D eigenvalue weighted by Crippen LogP contribution is -2.28. The SMILES string of the molecule is CCc1ccc(N2CC(C(=O)Nc3cccc(Cl)c3C)CC2=O)cc1. The summed E-state index contributed by atoms with van der Waals surface area (Å²) in [5.74, 6) is -0.532. The van der Waals surface area contributed by atoms with Crippen molar-refractivity contribution in [1.82, 2.24) is 0 Å². The molecule has 3 rings (SSSR count). The molecule has 1 fully saturated rings. The van der Waals surface area contributed by atoms with Crippen LogP contribution in [-0.2, 0) is 16.0 Å². The Bertz CT molecular complexity index is 802. The van der Waals surface area contributed by atoms with E-state index in [4.69, 9.17) is 11.6 Å². The summed E-state index contributed by atoms with van der Waals surface area (Å²) in [5, 5.41) is 3.51. The Kier molecular flexibility index (Phi) is 5.09. The monoisotopic (exact) mass is 356 g/mol. The summed E-state index contributed by atoms with van der Waals surface area (Å²) in [6.07, 6.45) is 1.18. The molecule has 0 saturated carbocycles. The van der Waals surface area contributed by atoms with Gasteiger partial charge in [0.2, 0.25) is 11.8 Å². The van der Waals surface area contributed by atoms with Crippen molar-refractivity contribution in [3.8, 4) is 0 Å². The fourth-order valence-corrected chi connectivity index (χ4v) is 3.20. The highest BCUT2D eigenvalue weighted by Gasteiger charge is 2.35. The van der Waals surface area contributed by atoms with Crippen molar-refractivity contribution >= 4 is 34.8 Å². The number of halogens is 1. The molecule has 0 aromatic heterocycles. The number of hydrogen-bond acceptors (Lipinski definition) is 2. The molecule has 0 aliphatic carbocycles. The highest BCUT2D eigenvalue weighted by Crippen LogP contribution is 2.28. The molecule has 25 heavy (non-hydrogen) atoms. The maximum absolute atomic E-state index is 12.6. The Morgan fingerprint density at radius 1 is 1.24 bits per heavy atom. The van der Waals surface area contributed by atoms with E-state index in [1.807, 2.05) is 37.3 Å². The first-order valence-electron chi connectivity index (χ1n) is 8.45. The maximum Gasteiger partial charge on any atom is 0.229 e. The summed E-state index contributed by atoms with van der Waals surface area (Å²) in [7, 11) is 0. The molecule has 1 N–H and O–H groups in total. The average molecular weight is 357 g/mol. The van der Waals surface area contributed by atoms with Gasteiger partial charge >= 0.3 is 0 Å². The lowest BCUT2D eigenvalue weighted by molar-refractivity contribution is -0.122. The first-order chi connectivity index (χ1) is 12.0. The predicted octanol–water partition coefficient (Wildman–Crippen LogP) is 4.20. The van der Waals surface area contributed by atoms with Crippen LogP contribution in [0.3, 0.4) is 0 Å². The van der Waals surface area contributed by atoms with Crippen molar-refractivity contribution in [3.63, 3.8) is 0 Å². The minimum atomic E-state index is -0.364. The third-order valence-electron chi connectivity index (χ3n) is 4.68. The number of anilines is 2. The van der Waals surface area contributed by atoms with E-state index in [0.717, 1.165) is 17.7 Å². The van der Waals surface area contributed by atoms with Crippen LogP contribution in [0, 0.1) is 12.8 Å². The zero-order valence-electron chi connectivity index (χ0n) is 14.4. The van der Waals surface area contributed by atoms with Crippen molar-refractivity contribution in [1.29, 1.82) is 0 Å². The quantitative estimate of drug-likeness (QED) is 0.892. The first-order valence-corrected chi connectivity index (χ1v) is 8.82. The van der Waals surface area contributed by atoms with Crippen LogP contribution in [0.5, 0.6) is 0 Å². The van der Waals surface area contributed by atoms with Crippen LogP contribution in [-0.4, -0.2) is 18.4 Å². The van der Waals surface area contributed by atoms with Crippen LogP contribution in [0.15, 0.2) is 42.5 Å². The van der Waals surface area contributed by atoms with Gasteiger partial charge in [0, 0.05) is 29.4 Å². The molecule has 130 valence electrons. The number of carbonyl (C=O) groups is 2. The van der Waals surface area contributed by atoms with Crippen molar-refractivity contribution in [3.05, 3.63) is 58.6 Å². The lowest BCUT2D eigenvalue weighted by Gasteiger charge is -2.17. The number of hydrogen-bond donors (Lipinski definition) is 1. The van der Waals surface area contributed by atoms with E-state index in [0.29, 0.717) is 17.3 Å². The van der Waals surface area contributed by atoms with E-state index < -0.39 is 0 Å². The number of benzene rings is 2. The predicted molar refractivity (Wildman–Crippen MR) is 101 cm³/mol. The highest BCUT2D eigenvalue weighted by molar-refractivity contribution is 6.31. The molecule has 1 atom stereocenters. The summed E-state index contributed by atoms with van der Waals surface area (Å²) in [5.41, 5.74) is 3.59. The van der Waals surface area contributed by atoms with Gasteiger partial charge in [-0.05, 0) is 48.7 Å². The number of nitrogens with one attached hydrogen (secondary N) is 1. The second kappa shape index (κ2) is 7.28. The molecule has 5 heteroatoms. The number of nitrogens with zero attached hydrogens (tertiary/aromatic N) is 1. The zero-order valence-corrected chi connectivity index (χ0v) is 15.1. The van der Waals surface area contributed by atoms with E-state index in [2.05, 4.69) is 12.2 Å². The standard InChI is InChI=1S/C20H21ClN2O2/c1-3-14-7-9-16(10-8-14)23-12-15(11-19(23)24)20(25)22-18-6-4-5-17(21)13(18)2/h4-10,15H,3,11-12H2,1-2H3,(H,22,25). The van der Waals surface area contributed by atoms with E-state index in [1.165, 1.54) is 5.56 Å². The van der Waals surface area contributed by atoms with Gasteiger partial charge in [0.25, 0.3) is 0 Å². The third kappa shape index (κ3) is 3.69. The highest BCUT2D eigenvalue weighted by atomic mass is 35.5. The third-order valence-corrected chi connectivity index (χ3v) is 5.09. The molecule has 1 heterocycles. The second-order valence-electron chi connectivity index (χ2n) is 6.33. The summed E-state index contributed by atoms with van der Waals surface area (Å²) < 4.78 is 0. The van der Waals surface area contributed by atoms with Crippen LogP contribution >= 0.6 is 11.6 Å². The Hall–Kier alpha value is -2.33. The molecule has 2 aromatic carbocycles. The smallest absolute Gasteiger partial charge is 0.229 e. The summed E-state index contributed by atoms with van der Waals surface area (Å²) in [6.45, 7) is 4.35. The minimum Gasteiger partial charge on any atom is -0.325 e. The van der Waals surface area contributed by atoms with E-state index in [1.54, 1.807) is 17.0 Å². The minimum absolute atomic E-state index is 0.0211. The molecule has 1 aliphatic heterocycles. The van der Waals surface area contributed by atoms with Crippen molar-refractivity contribution < 1.29 is 9.59 Å². The molecule has 1 unspecified atom stereocenters. The zero-order chi connectivity index (χ0) is 18.0. The van der Waals surface area contributed by atoms with Crippen molar-refractivity contribution in [2.24, 2.45) is 5.92 Å². The molecule has 4 nitrogen and oxygen atoms in total. The molecule has 0 radical (unpaired) electrons. The normalized spacial score (nSPS) is 17.0. The lowest BCUT2D eigenvalue weighted by atomic mass is 10.1. The number of rotatable bonds is 4. The van der Waals surface area contributed by atoms with Gasteiger partial charge < -0.3 is 10.2 Å². The fourth-order valence-electron chi connectivity index (χ4n) is 3.02. The fraction of sp³-hybridized carbons (Fsp3) is 0.300. The molecule has 2 aromatic rings. The molecule has 0 spiro atoms. The van der Waals surface area contributed by atoms with Crippen LogP contribution in [0.1, 0.15) is 24.5 Å². The van der Waals surface area contributed by atoms with Crippen molar-refractivity contribution in [2.75, 3.05) is 16.8 Å². The van der Waals surface area contributed by atoms with Crippen LogP contribution in [0.4, 0.5) is 11.4 Å². The van der Waals surface area contributed by atoms with Gasteiger partial charge in [0.1, 0.15) is 0 Å². The number of carbonyl (C=O) groups excluding carboxylic acids is 2. The summed E-state index contributed by atoms with van der Waals surface area (Å²) >= 11 is 6.09. The Balaban J connectivity index is 1.71. The molecule has 2 amide bonds. The van der Waals surface area contributed by atoms with Gasteiger partial charge in [-0.2, -0.15) is 0 Å². The van der Waals surface area contributed by atoms with Gasteiger partial charge in [0.15, 0.2) is 0 Å². The molecule has 0 bridgehead atoms. The average Bonchev–Trinajstić information content (AvgIpc) is 3.01. The van der Waals surface area contributed by atoms with E-state index >= 15 is 0 Å². The Labute approximate surface area is 152 Å². The molecule has 1 aliphatic rings.